The van der Waals surface area contributed by atoms with Gasteiger partial charge in [0.2, 0.25) is 5.91 Å². The molecular formula is C13H19N5O. The fraction of sp³-hybridized carbons (Fsp3) is 0.846. The van der Waals surface area contributed by atoms with E-state index in [4.69, 9.17) is 0 Å². The van der Waals surface area contributed by atoms with Crippen LogP contribution in [0, 0.1) is 29.6 Å². The number of nitrogens with zero attached hydrogens (tertiary/aromatic N) is 3. The fourth-order valence-electron chi connectivity index (χ4n) is 4.89. The van der Waals surface area contributed by atoms with Crippen molar-refractivity contribution in [3.63, 3.8) is 0 Å². The molecular weight excluding hydrogens is 242 g/mol. The van der Waals surface area contributed by atoms with E-state index in [-0.39, 0.29) is 11.8 Å². The first kappa shape index (κ1) is 11.4. The molecule has 102 valence electrons. The van der Waals surface area contributed by atoms with Crippen LogP contribution in [0.3, 0.4) is 0 Å². The number of rotatable bonds is 3. The number of amides is 1. The molecule has 1 amide bonds. The Hall–Kier alpha value is -1.46. The number of carbonyl (C=O) groups excluding carboxylic acids is 1. The topological polar surface area (TPSA) is 83.6 Å². The summed E-state index contributed by atoms with van der Waals surface area (Å²) >= 11 is 0. The summed E-state index contributed by atoms with van der Waals surface area (Å²) in [4.78, 5) is 12.4. The molecule has 1 heterocycles. The summed E-state index contributed by atoms with van der Waals surface area (Å²) in [6.45, 7) is 0.387. The molecule has 5 rings (SSSR count). The van der Waals surface area contributed by atoms with E-state index in [2.05, 4.69) is 25.9 Å². The van der Waals surface area contributed by atoms with Gasteiger partial charge in [0.15, 0.2) is 5.82 Å². The van der Waals surface area contributed by atoms with Crippen LogP contribution in [-0.4, -0.2) is 26.5 Å². The molecule has 0 aliphatic heterocycles. The third-order valence-electron chi connectivity index (χ3n) is 5.34. The number of aromatic nitrogens is 4. The van der Waals surface area contributed by atoms with Gasteiger partial charge in [0, 0.05) is 5.92 Å². The molecule has 1 aromatic rings. The summed E-state index contributed by atoms with van der Waals surface area (Å²) in [5.41, 5.74) is 0. The molecule has 4 aliphatic rings. The van der Waals surface area contributed by atoms with Crippen LogP contribution in [0.1, 0.15) is 37.9 Å². The Morgan fingerprint density at radius 3 is 2.42 bits per heavy atom. The van der Waals surface area contributed by atoms with Gasteiger partial charge in [-0.3, -0.25) is 4.79 Å². The molecule has 0 atom stereocenters. The molecule has 6 heteroatoms. The Kier molecular flexibility index (Phi) is 2.56. The lowest BCUT2D eigenvalue weighted by Gasteiger charge is -2.53. The number of H-pyrrole nitrogens is 1. The van der Waals surface area contributed by atoms with Gasteiger partial charge in [-0.25, -0.2) is 0 Å². The highest BCUT2D eigenvalue weighted by Gasteiger charge is 2.50. The zero-order chi connectivity index (χ0) is 12.8. The molecule has 6 nitrogen and oxygen atoms in total. The van der Waals surface area contributed by atoms with Crippen LogP contribution in [0.4, 0.5) is 0 Å². The van der Waals surface area contributed by atoms with Gasteiger partial charge in [-0.1, -0.05) is 5.21 Å². The molecule has 0 unspecified atom stereocenters. The Balaban J connectivity index is 1.43. The van der Waals surface area contributed by atoms with Crippen molar-refractivity contribution in [2.75, 3.05) is 0 Å². The minimum atomic E-state index is 0.207. The highest BCUT2D eigenvalue weighted by molar-refractivity contribution is 5.79. The summed E-state index contributed by atoms with van der Waals surface area (Å²) < 4.78 is 0. The van der Waals surface area contributed by atoms with Crippen LogP contribution < -0.4 is 5.32 Å². The van der Waals surface area contributed by atoms with Gasteiger partial charge in [0.1, 0.15) is 0 Å². The second kappa shape index (κ2) is 4.28. The van der Waals surface area contributed by atoms with Gasteiger partial charge in [-0.05, 0) is 55.8 Å². The molecule has 1 aromatic heterocycles. The molecule has 4 saturated carbocycles. The van der Waals surface area contributed by atoms with E-state index in [9.17, 15) is 4.79 Å². The zero-order valence-corrected chi connectivity index (χ0v) is 10.9. The second-order valence-corrected chi connectivity index (χ2v) is 6.50. The lowest BCUT2D eigenvalue weighted by molar-refractivity contribution is -0.138. The van der Waals surface area contributed by atoms with Gasteiger partial charge in [-0.15, -0.1) is 10.2 Å². The second-order valence-electron chi connectivity index (χ2n) is 6.50. The number of aromatic amines is 1. The maximum Gasteiger partial charge on any atom is 0.224 e. The van der Waals surface area contributed by atoms with Crippen molar-refractivity contribution >= 4 is 5.91 Å². The Morgan fingerprint density at radius 2 is 1.84 bits per heavy atom. The molecule has 0 aromatic carbocycles. The maximum atomic E-state index is 12.4. The summed E-state index contributed by atoms with van der Waals surface area (Å²) in [6.07, 6.45) is 6.51. The van der Waals surface area contributed by atoms with Crippen LogP contribution >= 0.6 is 0 Å². The van der Waals surface area contributed by atoms with Crippen LogP contribution in [0.5, 0.6) is 0 Å². The van der Waals surface area contributed by atoms with Crippen LogP contribution in [-0.2, 0) is 11.3 Å². The molecule has 0 radical (unpaired) electrons. The van der Waals surface area contributed by atoms with Gasteiger partial charge in [0.25, 0.3) is 0 Å². The molecule has 0 saturated heterocycles. The van der Waals surface area contributed by atoms with Crippen molar-refractivity contribution in [2.24, 2.45) is 29.6 Å². The quantitative estimate of drug-likeness (QED) is 0.846. The summed E-state index contributed by atoms with van der Waals surface area (Å²) in [7, 11) is 0. The van der Waals surface area contributed by atoms with E-state index in [1.165, 1.54) is 32.1 Å². The molecule has 19 heavy (non-hydrogen) atoms. The first-order valence-corrected chi connectivity index (χ1v) is 7.29. The minimum Gasteiger partial charge on any atom is -0.348 e. The predicted octanol–water partition coefficient (Wildman–Crippen LogP) is 0.888. The SMILES string of the molecule is O=C(NCc1nn[nH]n1)C1C2CC3CC(C2)CC1C3. The first-order valence-electron chi connectivity index (χ1n) is 7.29. The predicted molar refractivity (Wildman–Crippen MR) is 66.6 cm³/mol. The number of hydrogen-bond donors (Lipinski definition) is 2. The average Bonchev–Trinajstić information content (AvgIpc) is 2.88. The minimum absolute atomic E-state index is 0.207. The van der Waals surface area contributed by atoms with E-state index in [1.807, 2.05) is 0 Å². The third-order valence-corrected chi connectivity index (χ3v) is 5.34. The number of nitrogens with one attached hydrogen (secondary N) is 2. The highest BCUT2D eigenvalue weighted by atomic mass is 16.1. The Bertz CT molecular complexity index is 443. The van der Waals surface area contributed by atoms with Crippen LogP contribution in [0.2, 0.25) is 0 Å². The maximum absolute atomic E-state index is 12.4. The van der Waals surface area contributed by atoms with Gasteiger partial charge < -0.3 is 5.32 Å². The van der Waals surface area contributed by atoms with E-state index >= 15 is 0 Å². The summed E-state index contributed by atoms with van der Waals surface area (Å²) in [6, 6.07) is 0. The van der Waals surface area contributed by atoms with Gasteiger partial charge in [0.05, 0.1) is 6.54 Å². The normalized spacial score (nSPS) is 39.5. The van der Waals surface area contributed by atoms with Crippen molar-refractivity contribution in [2.45, 2.75) is 38.6 Å². The van der Waals surface area contributed by atoms with Crippen molar-refractivity contribution in [3.8, 4) is 0 Å². The Morgan fingerprint density at radius 1 is 1.16 bits per heavy atom. The average molecular weight is 261 g/mol. The summed E-state index contributed by atoms with van der Waals surface area (Å²) in [5.74, 6) is 4.06. The van der Waals surface area contributed by atoms with E-state index in [1.54, 1.807) is 0 Å². The van der Waals surface area contributed by atoms with E-state index in [0.29, 0.717) is 24.2 Å². The molecule has 4 fully saturated rings. The van der Waals surface area contributed by atoms with Crippen molar-refractivity contribution in [1.29, 1.82) is 0 Å². The van der Waals surface area contributed by atoms with Crippen molar-refractivity contribution < 1.29 is 4.79 Å². The monoisotopic (exact) mass is 261 g/mol. The lowest BCUT2D eigenvalue weighted by Crippen LogP contribution is -2.50. The van der Waals surface area contributed by atoms with Crippen LogP contribution in [0.15, 0.2) is 0 Å². The number of hydrogen-bond acceptors (Lipinski definition) is 4. The molecule has 4 bridgehead atoms. The van der Waals surface area contributed by atoms with Crippen molar-refractivity contribution in [3.05, 3.63) is 5.82 Å². The zero-order valence-electron chi connectivity index (χ0n) is 10.9. The smallest absolute Gasteiger partial charge is 0.224 e. The van der Waals surface area contributed by atoms with Crippen molar-refractivity contribution in [1.82, 2.24) is 25.9 Å². The van der Waals surface area contributed by atoms with E-state index in [0.717, 1.165) is 11.8 Å². The largest absolute Gasteiger partial charge is 0.348 e. The fourth-order valence-corrected chi connectivity index (χ4v) is 4.89. The number of tetrazole rings is 1. The molecule has 0 spiro atoms. The van der Waals surface area contributed by atoms with Crippen LogP contribution in [0.25, 0.3) is 0 Å². The number of carbonyl (C=O) groups is 1. The molecule has 2 N–H and O–H groups in total. The highest BCUT2D eigenvalue weighted by Crippen LogP contribution is 2.56. The third kappa shape index (κ3) is 1.93. The lowest BCUT2D eigenvalue weighted by atomic mass is 9.51. The van der Waals surface area contributed by atoms with Gasteiger partial charge >= 0.3 is 0 Å². The standard InChI is InChI=1S/C13H19N5O/c19-13(14-6-11-15-17-18-16-11)12-9-2-7-1-8(4-9)5-10(12)3-7/h7-10,12H,1-6H2,(H,14,19)(H,15,16,17,18). The molecule has 4 aliphatic carbocycles. The summed E-state index contributed by atoms with van der Waals surface area (Å²) in [5, 5.41) is 16.6. The Labute approximate surface area is 111 Å². The van der Waals surface area contributed by atoms with E-state index < -0.39 is 0 Å². The first-order chi connectivity index (χ1) is 9.29. The van der Waals surface area contributed by atoms with Gasteiger partial charge in [-0.2, -0.15) is 5.21 Å².